The molecule has 110 valence electrons. The maximum atomic E-state index is 13.0. The van der Waals surface area contributed by atoms with E-state index in [0.29, 0.717) is 13.0 Å². The standard InChI is InChI=1S/C17H19FN2O/c1-12-9-15(18)6-5-14(12)11-20-16-7-3-13(4-8-16)10-17(21)19-2/h3-9,20H,10-11H2,1-2H3,(H,19,21). The number of anilines is 1. The highest BCUT2D eigenvalue weighted by molar-refractivity contribution is 5.78. The van der Waals surface area contributed by atoms with E-state index < -0.39 is 0 Å². The average Bonchev–Trinajstić information content (AvgIpc) is 2.48. The zero-order valence-electron chi connectivity index (χ0n) is 12.2. The smallest absolute Gasteiger partial charge is 0.224 e. The van der Waals surface area contributed by atoms with Crippen molar-refractivity contribution in [2.45, 2.75) is 19.9 Å². The Bertz CT molecular complexity index is 623. The first-order valence-electron chi connectivity index (χ1n) is 6.87. The highest BCUT2D eigenvalue weighted by Gasteiger charge is 2.02. The molecule has 0 saturated carbocycles. The molecule has 0 unspecified atom stereocenters. The molecule has 2 aromatic rings. The summed E-state index contributed by atoms with van der Waals surface area (Å²) in [6.45, 7) is 2.54. The molecule has 0 aromatic heterocycles. The van der Waals surface area contributed by atoms with Crippen molar-refractivity contribution in [2.75, 3.05) is 12.4 Å². The Morgan fingerprint density at radius 2 is 1.86 bits per heavy atom. The lowest BCUT2D eigenvalue weighted by Crippen LogP contribution is -2.19. The molecular weight excluding hydrogens is 267 g/mol. The van der Waals surface area contributed by atoms with Crippen molar-refractivity contribution in [3.05, 3.63) is 65.0 Å². The van der Waals surface area contributed by atoms with Crippen LogP contribution in [-0.4, -0.2) is 13.0 Å². The maximum absolute atomic E-state index is 13.0. The number of carbonyl (C=O) groups excluding carboxylic acids is 1. The minimum Gasteiger partial charge on any atom is -0.381 e. The molecule has 2 rings (SSSR count). The lowest BCUT2D eigenvalue weighted by Gasteiger charge is -2.10. The van der Waals surface area contributed by atoms with Crippen LogP contribution in [0.1, 0.15) is 16.7 Å². The van der Waals surface area contributed by atoms with Gasteiger partial charge in [0.05, 0.1) is 6.42 Å². The molecular formula is C17H19FN2O. The van der Waals surface area contributed by atoms with Crippen LogP contribution in [0.2, 0.25) is 0 Å². The normalized spacial score (nSPS) is 10.2. The fourth-order valence-corrected chi connectivity index (χ4v) is 2.07. The second-order valence-corrected chi connectivity index (χ2v) is 4.97. The molecule has 1 amide bonds. The van der Waals surface area contributed by atoms with E-state index in [2.05, 4.69) is 10.6 Å². The largest absolute Gasteiger partial charge is 0.381 e. The SMILES string of the molecule is CNC(=O)Cc1ccc(NCc2ccc(F)cc2C)cc1. The van der Waals surface area contributed by atoms with Crippen LogP contribution < -0.4 is 10.6 Å². The molecule has 0 atom stereocenters. The summed E-state index contributed by atoms with van der Waals surface area (Å²) in [5.74, 6) is -0.215. The molecule has 3 nitrogen and oxygen atoms in total. The van der Waals surface area contributed by atoms with Gasteiger partial charge in [0.15, 0.2) is 0 Å². The summed E-state index contributed by atoms with van der Waals surface area (Å²) in [5, 5.41) is 5.89. The monoisotopic (exact) mass is 286 g/mol. The van der Waals surface area contributed by atoms with Gasteiger partial charge in [-0.25, -0.2) is 4.39 Å². The van der Waals surface area contributed by atoms with Gasteiger partial charge in [0.2, 0.25) is 5.91 Å². The van der Waals surface area contributed by atoms with Crippen LogP contribution in [0, 0.1) is 12.7 Å². The molecule has 0 heterocycles. The van der Waals surface area contributed by atoms with Gasteiger partial charge in [-0.3, -0.25) is 4.79 Å². The van der Waals surface area contributed by atoms with Crippen LogP contribution in [0.15, 0.2) is 42.5 Å². The number of carbonyl (C=O) groups is 1. The van der Waals surface area contributed by atoms with Crippen molar-refractivity contribution in [1.29, 1.82) is 0 Å². The summed E-state index contributed by atoms with van der Waals surface area (Å²) in [6, 6.07) is 12.5. The van der Waals surface area contributed by atoms with Crippen LogP contribution in [-0.2, 0) is 17.8 Å². The molecule has 2 N–H and O–H groups in total. The van der Waals surface area contributed by atoms with E-state index in [4.69, 9.17) is 0 Å². The van der Waals surface area contributed by atoms with Gasteiger partial charge in [-0.2, -0.15) is 0 Å². The fraction of sp³-hybridized carbons (Fsp3) is 0.235. The van der Waals surface area contributed by atoms with E-state index in [0.717, 1.165) is 22.4 Å². The topological polar surface area (TPSA) is 41.1 Å². The first kappa shape index (κ1) is 15.0. The molecule has 0 aliphatic heterocycles. The Balaban J connectivity index is 1.96. The second-order valence-electron chi connectivity index (χ2n) is 4.97. The lowest BCUT2D eigenvalue weighted by atomic mass is 10.1. The number of amides is 1. The highest BCUT2D eigenvalue weighted by Crippen LogP contribution is 2.14. The van der Waals surface area contributed by atoms with Gasteiger partial charge in [0.1, 0.15) is 5.82 Å². The van der Waals surface area contributed by atoms with Gasteiger partial charge in [-0.15, -0.1) is 0 Å². The van der Waals surface area contributed by atoms with E-state index in [1.807, 2.05) is 31.2 Å². The van der Waals surface area contributed by atoms with Crippen molar-refractivity contribution in [1.82, 2.24) is 5.32 Å². The minimum atomic E-state index is -0.213. The third kappa shape index (κ3) is 4.31. The number of nitrogens with one attached hydrogen (secondary N) is 2. The number of hydrogen-bond donors (Lipinski definition) is 2. The summed E-state index contributed by atoms with van der Waals surface area (Å²) in [5.41, 5.74) is 3.93. The predicted molar refractivity (Wildman–Crippen MR) is 82.7 cm³/mol. The minimum absolute atomic E-state index is 0.00218. The fourth-order valence-electron chi connectivity index (χ4n) is 2.07. The number of halogens is 1. The Morgan fingerprint density at radius 3 is 2.48 bits per heavy atom. The van der Waals surface area contributed by atoms with Crippen LogP contribution >= 0.6 is 0 Å². The van der Waals surface area contributed by atoms with Crippen molar-refractivity contribution < 1.29 is 9.18 Å². The summed E-state index contributed by atoms with van der Waals surface area (Å²) < 4.78 is 13.0. The molecule has 4 heteroatoms. The van der Waals surface area contributed by atoms with E-state index in [-0.39, 0.29) is 11.7 Å². The zero-order valence-corrected chi connectivity index (χ0v) is 12.2. The number of aryl methyl sites for hydroxylation is 1. The molecule has 0 aliphatic carbocycles. The Labute approximate surface area is 124 Å². The van der Waals surface area contributed by atoms with Crippen molar-refractivity contribution in [3.63, 3.8) is 0 Å². The Hall–Kier alpha value is -2.36. The van der Waals surface area contributed by atoms with Crippen LogP contribution in [0.25, 0.3) is 0 Å². The van der Waals surface area contributed by atoms with E-state index in [1.165, 1.54) is 12.1 Å². The van der Waals surface area contributed by atoms with Crippen molar-refractivity contribution in [2.24, 2.45) is 0 Å². The van der Waals surface area contributed by atoms with Crippen LogP contribution in [0.3, 0.4) is 0 Å². The quantitative estimate of drug-likeness (QED) is 0.887. The molecule has 0 saturated heterocycles. The van der Waals surface area contributed by atoms with Crippen LogP contribution in [0.4, 0.5) is 10.1 Å². The zero-order chi connectivity index (χ0) is 15.2. The summed E-state index contributed by atoms with van der Waals surface area (Å²) in [4.78, 5) is 11.3. The van der Waals surface area contributed by atoms with Gasteiger partial charge in [-0.05, 0) is 47.9 Å². The second kappa shape index (κ2) is 6.88. The van der Waals surface area contributed by atoms with Gasteiger partial charge in [-0.1, -0.05) is 18.2 Å². The van der Waals surface area contributed by atoms with E-state index >= 15 is 0 Å². The van der Waals surface area contributed by atoms with Crippen LogP contribution in [0.5, 0.6) is 0 Å². The molecule has 0 spiro atoms. The third-order valence-corrected chi connectivity index (χ3v) is 3.39. The van der Waals surface area contributed by atoms with E-state index in [1.54, 1.807) is 13.1 Å². The van der Waals surface area contributed by atoms with Crippen molar-refractivity contribution in [3.8, 4) is 0 Å². The summed E-state index contributed by atoms with van der Waals surface area (Å²) in [6.07, 6.45) is 0.383. The Morgan fingerprint density at radius 1 is 1.14 bits per heavy atom. The lowest BCUT2D eigenvalue weighted by molar-refractivity contribution is -0.119. The molecule has 0 fully saturated rings. The summed E-state index contributed by atoms with van der Waals surface area (Å²) >= 11 is 0. The Kier molecular flexibility index (Phi) is 4.93. The first-order valence-corrected chi connectivity index (χ1v) is 6.87. The number of likely N-dealkylation sites (N-methyl/N-ethyl adjacent to an activating group) is 1. The molecule has 2 aromatic carbocycles. The third-order valence-electron chi connectivity index (χ3n) is 3.39. The predicted octanol–water partition coefficient (Wildman–Crippen LogP) is 3.03. The van der Waals surface area contributed by atoms with E-state index in [9.17, 15) is 9.18 Å². The van der Waals surface area contributed by atoms with Gasteiger partial charge in [0, 0.05) is 19.3 Å². The number of benzene rings is 2. The molecule has 0 radical (unpaired) electrons. The highest BCUT2D eigenvalue weighted by atomic mass is 19.1. The molecule has 0 aliphatic rings. The van der Waals surface area contributed by atoms with Crippen molar-refractivity contribution >= 4 is 11.6 Å². The number of hydrogen-bond acceptors (Lipinski definition) is 2. The van der Waals surface area contributed by atoms with Gasteiger partial charge in [0.25, 0.3) is 0 Å². The summed E-state index contributed by atoms with van der Waals surface area (Å²) in [7, 11) is 1.63. The maximum Gasteiger partial charge on any atom is 0.224 e. The van der Waals surface area contributed by atoms with Gasteiger partial charge >= 0.3 is 0 Å². The van der Waals surface area contributed by atoms with Gasteiger partial charge < -0.3 is 10.6 Å². The molecule has 21 heavy (non-hydrogen) atoms. The average molecular weight is 286 g/mol. The first-order chi connectivity index (χ1) is 10.1. The molecule has 0 bridgehead atoms. The number of rotatable bonds is 5.